The van der Waals surface area contributed by atoms with Gasteiger partial charge in [-0.15, -0.1) is 0 Å². The van der Waals surface area contributed by atoms with Gasteiger partial charge in [-0.25, -0.2) is 0 Å². The number of nitrogens with zero attached hydrogens (tertiary/aromatic N) is 2. The van der Waals surface area contributed by atoms with Gasteiger partial charge in [0.15, 0.2) is 0 Å². The first kappa shape index (κ1) is 13.8. The van der Waals surface area contributed by atoms with Crippen LogP contribution in [0, 0.1) is 10.1 Å². The number of benzene rings is 1. The Hall–Kier alpha value is -1.66. The van der Waals surface area contributed by atoms with E-state index in [-0.39, 0.29) is 11.8 Å². The topological polar surface area (TPSA) is 75.8 Å². The van der Waals surface area contributed by atoms with Crippen LogP contribution >= 0.6 is 0 Å². The maximum Gasteiger partial charge on any atom is 0.273 e. The number of likely N-dealkylation sites (tertiary alicyclic amines) is 1. The number of piperidine rings is 1. The molecule has 0 atom stereocenters. The monoisotopic (exact) mass is 266 g/mol. The molecule has 6 heteroatoms. The van der Waals surface area contributed by atoms with E-state index in [1.165, 1.54) is 12.1 Å². The number of rotatable bonds is 5. The van der Waals surface area contributed by atoms with Crippen molar-refractivity contribution in [2.45, 2.75) is 18.9 Å². The molecule has 0 unspecified atom stereocenters. The molecule has 0 aliphatic carbocycles. The summed E-state index contributed by atoms with van der Waals surface area (Å²) >= 11 is 0. The van der Waals surface area contributed by atoms with Crippen LogP contribution in [0.3, 0.4) is 0 Å². The molecule has 2 rings (SSSR count). The van der Waals surface area contributed by atoms with Crippen LogP contribution in [0.1, 0.15) is 12.8 Å². The highest BCUT2D eigenvalue weighted by Gasteiger charge is 2.16. The van der Waals surface area contributed by atoms with Crippen LogP contribution in [0.5, 0.6) is 5.75 Å². The second-order valence-electron chi connectivity index (χ2n) is 4.68. The average molecular weight is 266 g/mol. The van der Waals surface area contributed by atoms with Crippen molar-refractivity contribution in [3.8, 4) is 5.75 Å². The highest BCUT2D eigenvalue weighted by Crippen LogP contribution is 2.19. The van der Waals surface area contributed by atoms with Crippen LogP contribution in [-0.2, 0) is 0 Å². The number of aliphatic hydroxyl groups is 1. The number of nitro benzene ring substituents is 1. The minimum atomic E-state index is -0.432. The third-order valence-electron chi connectivity index (χ3n) is 3.26. The lowest BCUT2D eigenvalue weighted by Gasteiger charge is -2.29. The lowest BCUT2D eigenvalue weighted by molar-refractivity contribution is -0.384. The molecule has 0 saturated carbocycles. The largest absolute Gasteiger partial charge is 0.492 e. The van der Waals surface area contributed by atoms with Crippen molar-refractivity contribution < 1.29 is 14.8 Å². The van der Waals surface area contributed by atoms with Gasteiger partial charge in [-0.1, -0.05) is 6.07 Å². The Morgan fingerprint density at radius 2 is 2.16 bits per heavy atom. The zero-order chi connectivity index (χ0) is 13.7. The van der Waals surface area contributed by atoms with Crippen molar-refractivity contribution in [2.24, 2.45) is 0 Å². The molecular formula is C13H18N2O4. The molecule has 1 aromatic rings. The van der Waals surface area contributed by atoms with E-state index in [4.69, 9.17) is 4.74 Å². The first-order chi connectivity index (χ1) is 9.15. The van der Waals surface area contributed by atoms with Gasteiger partial charge in [0, 0.05) is 25.7 Å². The summed E-state index contributed by atoms with van der Waals surface area (Å²) in [6.45, 7) is 3.02. The number of aliphatic hydroxyl groups excluding tert-OH is 1. The molecule has 0 bridgehead atoms. The van der Waals surface area contributed by atoms with Crippen LogP contribution in [0.4, 0.5) is 5.69 Å². The molecule has 104 valence electrons. The molecule has 19 heavy (non-hydrogen) atoms. The molecular weight excluding hydrogens is 248 g/mol. The predicted molar refractivity (Wildman–Crippen MR) is 70.3 cm³/mol. The third kappa shape index (κ3) is 4.18. The SMILES string of the molecule is O=[N+]([O-])c1cccc(OCCN2CCC(O)CC2)c1. The fourth-order valence-electron chi connectivity index (χ4n) is 2.12. The molecule has 1 aliphatic heterocycles. The minimum absolute atomic E-state index is 0.0404. The van der Waals surface area contributed by atoms with E-state index in [1.54, 1.807) is 12.1 Å². The Balaban J connectivity index is 1.76. The van der Waals surface area contributed by atoms with Crippen LogP contribution in [0.2, 0.25) is 0 Å². The van der Waals surface area contributed by atoms with Crippen LogP contribution in [0.15, 0.2) is 24.3 Å². The molecule has 1 fully saturated rings. The summed E-state index contributed by atoms with van der Waals surface area (Å²) < 4.78 is 5.52. The Morgan fingerprint density at radius 3 is 2.84 bits per heavy atom. The summed E-state index contributed by atoms with van der Waals surface area (Å²) in [5.41, 5.74) is 0.0404. The Labute approximate surface area is 111 Å². The van der Waals surface area contributed by atoms with E-state index < -0.39 is 4.92 Å². The molecule has 1 saturated heterocycles. The van der Waals surface area contributed by atoms with E-state index in [1.807, 2.05) is 0 Å². The summed E-state index contributed by atoms with van der Waals surface area (Å²) in [4.78, 5) is 12.4. The smallest absolute Gasteiger partial charge is 0.273 e. The standard InChI is InChI=1S/C13H18N2O4/c16-12-4-6-14(7-5-12)8-9-19-13-3-1-2-11(10-13)15(17)18/h1-3,10,12,16H,4-9H2. The normalized spacial score (nSPS) is 17.3. The molecule has 1 N–H and O–H groups in total. The van der Waals surface area contributed by atoms with Gasteiger partial charge in [0.25, 0.3) is 5.69 Å². The Bertz CT molecular complexity index is 430. The summed E-state index contributed by atoms with van der Waals surface area (Å²) in [7, 11) is 0. The molecule has 0 aromatic heterocycles. The van der Waals surface area contributed by atoms with E-state index in [9.17, 15) is 15.2 Å². The number of non-ortho nitro benzene ring substituents is 1. The minimum Gasteiger partial charge on any atom is -0.492 e. The van der Waals surface area contributed by atoms with Gasteiger partial charge < -0.3 is 9.84 Å². The fraction of sp³-hybridized carbons (Fsp3) is 0.538. The van der Waals surface area contributed by atoms with Gasteiger partial charge in [-0.2, -0.15) is 0 Å². The van der Waals surface area contributed by atoms with Gasteiger partial charge in [0.05, 0.1) is 17.1 Å². The average Bonchev–Trinajstić information content (AvgIpc) is 2.41. The quantitative estimate of drug-likeness (QED) is 0.644. The van der Waals surface area contributed by atoms with Gasteiger partial charge in [0.2, 0.25) is 0 Å². The second-order valence-corrected chi connectivity index (χ2v) is 4.68. The summed E-state index contributed by atoms with van der Waals surface area (Å²) in [5.74, 6) is 0.520. The van der Waals surface area contributed by atoms with Crippen molar-refractivity contribution in [3.05, 3.63) is 34.4 Å². The van der Waals surface area contributed by atoms with Crippen molar-refractivity contribution in [1.82, 2.24) is 4.90 Å². The van der Waals surface area contributed by atoms with Crippen molar-refractivity contribution >= 4 is 5.69 Å². The molecule has 1 aliphatic rings. The van der Waals surface area contributed by atoms with E-state index >= 15 is 0 Å². The summed E-state index contributed by atoms with van der Waals surface area (Å²) in [5, 5.41) is 20.0. The van der Waals surface area contributed by atoms with E-state index in [2.05, 4.69) is 4.90 Å². The Morgan fingerprint density at radius 1 is 1.42 bits per heavy atom. The van der Waals surface area contributed by atoms with Crippen LogP contribution in [0.25, 0.3) is 0 Å². The van der Waals surface area contributed by atoms with Gasteiger partial charge >= 0.3 is 0 Å². The van der Waals surface area contributed by atoms with Gasteiger partial charge in [-0.3, -0.25) is 15.0 Å². The maximum absolute atomic E-state index is 10.6. The summed E-state index contributed by atoms with van der Waals surface area (Å²) in [6.07, 6.45) is 1.43. The molecule has 0 spiro atoms. The number of ether oxygens (including phenoxy) is 1. The highest BCUT2D eigenvalue weighted by molar-refractivity contribution is 5.37. The van der Waals surface area contributed by atoms with Gasteiger partial charge in [-0.05, 0) is 18.9 Å². The predicted octanol–water partition coefficient (Wildman–Crippen LogP) is 1.43. The first-order valence-corrected chi connectivity index (χ1v) is 6.43. The lowest BCUT2D eigenvalue weighted by atomic mass is 10.1. The maximum atomic E-state index is 10.6. The number of hydrogen-bond acceptors (Lipinski definition) is 5. The molecule has 1 heterocycles. The zero-order valence-electron chi connectivity index (χ0n) is 10.7. The Kier molecular flexibility index (Phi) is 4.70. The molecule has 0 radical (unpaired) electrons. The zero-order valence-corrected chi connectivity index (χ0v) is 10.7. The van der Waals surface area contributed by atoms with Crippen molar-refractivity contribution in [2.75, 3.05) is 26.2 Å². The summed E-state index contributed by atoms with van der Waals surface area (Å²) in [6, 6.07) is 6.20. The number of nitro groups is 1. The highest BCUT2D eigenvalue weighted by atomic mass is 16.6. The van der Waals surface area contributed by atoms with Crippen molar-refractivity contribution in [1.29, 1.82) is 0 Å². The van der Waals surface area contributed by atoms with Crippen LogP contribution < -0.4 is 4.74 Å². The fourth-order valence-corrected chi connectivity index (χ4v) is 2.12. The molecule has 1 aromatic carbocycles. The molecule has 6 nitrogen and oxygen atoms in total. The molecule has 0 amide bonds. The van der Waals surface area contributed by atoms with Gasteiger partial charge in [0.1, 0.15) is 12.4 Å². The second kappa shape index (κ2) is 6.49. The first-order valence-electron chi connectivity index (χ1n) is 6.43. The van der Waals surface area contributed by atoms with Crippen molar-refractivity contribution in [3.63, 3.8) is 0 Å². The lowest BCUT2D eigenvalue weighted by Crippen LogP contribution is -2.38. The van der Waals surface area contributed by atoms with E-state index in [0.717, 1.165) is 32.5 Å². The van der Waals surface area contributed by atoms with Crippen LogP contribution in [-0.4, -0.2) is 47.3 Å². The number of hydrogen-bond donors (Lipinski definition) is 1. The van der Waals surface area contributed by atoms with E-state index in [0.29, 0.717) is 12.4 Å². The third-order valence-corrected chi connectivity index (χ3v) is 3.26.